The first-order chi connectivity index (χ1) is 8.75. The van der Waals surface area contributed by atoms with Crippen molar-refractivity contribution < 1.29 is 4.92 Å². The third-order valence-electron chi connectivity index (χ3n) is 3.80. The van der Waals surface area contributed by atoms with Crippen LogP contribution >= 0.6 is 11.3 Å². The van der Waals surface area contributed by atoms with Crippen molar-refractivity contribution in [3.63, 3.8) is 0 Å². The maximum atomic E-state index is 11.1. The van der Waals surface area contributed by atoms with Crippen molar-refractivity contribution in [1.82, 2.24) is 14.7 Å². The first-order valence-corrected chi connectivity index (χ1v) is 6.71. The van der Waals surface area contributed by atoms with Gasteiger partial charge in [-0.05, 0) is 16.8 Å². The van der Waals surface area contributed by atoms with Crippen molar-refractivity contribution in [3.05, 3.63) is 21.7 Å². The van der Waals surface area contributed by atoms with Crippen molar-refractivity contribution in [2.75, 3.05) is 18.4 Å². The van der Waals surface area contributed by atoms with Gasteiger partial charge in [0.15, 0.2) is 0 Å². The molecular weight excluding hydrogens is 254 g/mol. The monoisotopic (exact) mass is 265 g/mol. The molecule has 2 aromatic heterocycles. The third-order valence-corrected chi connectivity index (χ3v) is 4.56. The summed E-state index contributed by atoms with van der Waals surface area (Å²) in [5, 5.41) is 19.5. The van der Waals surface area contributed by atoms with Crippen LogP contribution in [0.3, 0.4) is 0 Å². The molecule has 1 saturated heterocycles. The summed E-state index contributed by atoms with van der Waals surface area (Å²) in [6.45, 7) is 2.00. The molecule has 1 aliphatic heterocycles. The highest BCUT2D eigenvalue weighted by molar-refractivity contribution is 7.15. The second kappa shape index (κ2) is 3.42. The molecule has 4 rings (SSSR count). The van der Waals surface area contributed by atoms with Gasteiger partial charge in [0.1, 0.15) is 6.20 Å². The minimum absolute atomic E-state index is 0.0455. The van der Waals surface area contributed by atoms with Gasteiger partial charge >= 0.3 is 5.82 Å². The number of rotatable bonds is 3. The smallest absolute Gasteiger partial charge is 0.360 e. The van der Waals surface area contributed by atoms with E-state index < -0.39 is 0 Å². The van der Waals surface area contributed by atoms with Crippen LogP contribution in [0.5, 0.6) is 0 Å². The van der Waals surface area contributed by atoms with Crippen LogP contribution in [0.25, 0.3) is 4.96 Å². The van der Waals surface area contributed by atoms with Crippen LogP contribution in [0.1, 0.15) is 0 Å². The number of fused-ring (bicyclic) bond motifs is 2. The Morgan fingerprint density at radius 2 is 2.33 bits per heavy atom. The van der Waals surface area contributed by atoms with Gasteiger partial charge in [-0.25, -0.2) is 0 Å². The van der Waals surface area contributed by atoms with Crippen LogP contribution in [0.2, 0.25) is 0 Å². The molecule has 7 nitrogen and oxygen atoms in total. The van der Waals surface area contributed by atoms with Gasteiger partial charge in [0, 0.05) is 24.5 Å². The molecule has 0 bridgehead atoms. The number of thiazole rings is 1. The molecule has 2 aliphatic rings. The van der Waals surface area contributed by atoms with E-state index in [-0.39, 0.29) is 10.7 Å². The fourth-order valence-electron chi connectivity index (χ4n) is 2.84. The first kappa shape index (κ1) is 10.3. The lowest BCUT2D eigenvalue weighted by Crippen LogP contribution is -2.21. The van der Waals surface area contributed by atoms with Gasteiger partial charge in [-0.15, -0.1) is 0 Å². The maximum absolute atomic E-state index is 11.1. The largest absolute Gasteiger partial charge is 0.372 e. The number of piperidine rings is 1. The second-order valence-electron chi connectivity index (χ2n) is 4.75. The van der Waals surface area contributed by atoms with Crippen molar-refractivity contribution in [2.45, 2.75) is 6.04 Å². The normalized spacial score (nSPS) is 29.4. The molecule has 94 valence electrons. The molecule has 0 spiro atoms. The quantitative estimate of drug-likeness (QED) is 0.637. The van der Waals surface area contributed by atoms with Crippen LogP contribution < -0.4 is 10.6 Å². The Kier molecular flexibility index (Phi) is 1.95. The summed E-state index contributed by atoms with van der Waals surface area (Å²) in [7, 11) is 0. The summed E-state index contributed by atoms with van der Waals surface area (Å²) in [6, 6.07) is 0.342. The molecule has 3 heterocycles. The Bertz CT molecular complexity index is 625. The highest BCUT2D eigenvalue weighted by Crippen LogP contribution is 2.44. The molecule has 0 radical (unpaired) electrons. The van der Waals surface area contributed by atoms with E-state index in [1.54, 1.807) is 11.6 Å². The van der Waals surface area contributed by atoms with Crippen LogP contribution in [0.15, 0.2) is 11.6 Å². The van der Waals surface area contributed by atoms with Gasteiger partial charge < -0.3 is 20.7 Å². The van der Waals surface area contributed by atoms with Crippen LogP contribution in [0, 0.1) is 22.0 Å². The Hall–Kier alpha value is -1.67. The Morgan fingerprint density at radius 3 is 3.06 bits per heavy atom. The molecule has 2 fully saturated rings. The Morgan fingerprint density at radius 1 is 1.56 bits per heavy atom. The molecule has 8 heteroatoms. The molecule has 2 aromatic rings. The van der Waals surface area contributed by atoms with Crippen molar-refractivity contribution >= 4 is 27.9 Å². The van der Waals surface area contributed by atoms with Gasteiger partial charge in [-0.1, -0.05) is 11.3 Å². The first-order valence-electron chi connectivity index (χ1n) is 5.83. The number of nitrogens with zero attached hydrogens (tertiary/aromatic N) is 3. The predicted molar refractivity (Wildman–Crippen MR) is 67.0 cm³/mol. The number of hydrogen-bond acceptors (Lipinski definition) is 6. The fraction of sp³-hybridized carbons (Fsp3) is 0.500. The number of anilines is 1. The average Bonchev–Trinajstić information content (AvgIpc) is 2.78. The third kappa shape index (κ3) is 1.30. The molecule has 1 saturated carbocycles. The lowest BCUT2D eigenvalue weighted by atomic mass is 10.4. The summed E-state index contributed by atoms with van der Waals surface area (Å²) in [6.07, 6.45) is 1.69. The number of hydrogen-bond donors (Lipinski definition) is 2. The van der Waals surface area contributed by atoms with Gasteiger partial charge in [-0.2, -0.15) is 9.38 Å². The van der Waals surface area contributed by atoms with Gasteiger partial charge in [0.05, 0.1) is 0 Å². The van der Waals surface area contributed by atoms with E-state index in [2.05, 4.69) is 15.6 Å². The van der Waals surface area contributed by atoms with E-state index in [9.17, 15) is 10.1 Å². The second-order valence-corrected chi connectivity index (χ2v) is 5.63. The van der Waals surface area contributed by atoms with Gasteiger partial charge in [-0.3, -0.25) is 0 Å². The van der Waals surface area contributed by atoms with Gasteiger partial charge in [0.2, 0.25) is 5.82 Å². The molecule has 2 atom stereocenters. The SMILES string of the molecule is O=[N+]([O-])c1c(NC2C3CNCC32)nc2sccn12. The summed E-state index contributed by atoms with van der Waals surface area (Å²) < 4.78 is 1.53. The number of aromatic nitrogens is 2. The van der Waals surface area contributed by atoms with Crippen molar-refractivity contribution in [2.24, 2.45) is 11.8 Å². The van der Waals surface area contributed by atoms with E-state index in [4.69, 9.17) is 0 Å². The van der Waals surface area contributed by atoms with Crippen LogP contribution in [0.4, 0.5) is 11.6 Å². The lowest BCUT2D eigenvalue weighted by Gasteiger charge is -2.05. The average molecular weight is 265 g/mol. The Balaban J connectivity index is 1.69. The minimum atomic E-state index is -0.370. The zero-order valence-corrected chi connectivity index (χ0v) is 10.2. The Labute approximate surface area is 106 Å². The highest BCUT2D eigenvalue weighted by Gasteiger charge is 2.53. The maximum Gasteiger partial charge on any atom is 0.372 e. The van der Waals surface area contributed by atoms with Crippen molar-refractivity contribution in [3.8, 4) is 0 Å². The van der Waals surface area contributed by atoms with Crippen LogP contribution in [-0.4, -0.2) is 33.4 Å². The zero-order valence-electron chi connectivity index (χ0n) is 9.37. The molecule has 0 amide bonds. The molecule has 2 N–H and O–H groups in total. The summed E-state index contributed by atoms with van der Waals surface area (Å²) in [4.78, 5) is 15.7. The molecule has 2 unspecified atom stereocenters. The number of imidazole rings is 1. The molecule has 18 heavy (non-hydrogen) atoms. The molecule has 0 aromatic carbocycles. The molecule has 1 aliphatic carbocycles. The van der Waals surface area contributed by atoms with E-state index in [1.165, 1.54) is 15.7 Å². The summed E-state index contributed by atoms with van der Waals surface area (Å²) in [5.41, 5.74) is 0. The van der Waals surface area contributed by atoms with Gasteiger partial charge in [0.25, 0.3) is 4.96 Å². The topological polar surface area (TPSA) is 84.5 Å². The standard InChI is InChI=1S/C10H11N5O2S/c16-15(17)9-8(13-10-14(9)1-2-18-10)12-7-5-3-11-4-6(5)7/h1-2,5-7,11-12H,3-4H2. The number of nitrogens with one attached hydrogen (secondary N) is 2. The highest BCUT2D eigenvalue weighted by atomic mass is 32.1. The van der Waals surface area contributed by atoms with E-state index in [1.807, 2.05) is 0 Å². The van der Waals surface area contributed by atoms with Crippen LogP contribution in [-0.2, 0) is 0 Å². The summed E-state index contributed by atoms with van der Waals surface area (Å²) >= 11 is 1.40. The number of nitro groups is 1. The lowest BCUT2D eigenvalue weighted by molar-refractivity contribution is -0.389. The fourth-order valence-corrected chi connectivity index (χ4v) is 3.54. The van der Waals surface area contributed by atoms with E-state index >= 15 is 0 Å². The predicted octanol–water partition coefficient (Wildman–Crippen LogP) is 0.934. The zero-order chi connectivity index (χ0) is 12.3. The molecular formula is C10H11N5O2S. The minimum Gasteiger partial charge on any atom is -0.360 e. The van der Waals surface area contributed by atoms with Crippen molar-refractivity contribution in [1.29, 1.82) is 0 Å². The summed E-state index contributed by atoms with van der Waals surface area (Å²) in [5.74, 6) is 1.66. The van der Waals surface area contributed by atoms with E-state index in [0.29, 0.717) is 28.7 Å². The van der Waals surface area contributed by atoms with E-state index in [0.717, 1.165) is 13.1 Å².